The third-order valence-corrected chi connectivity index (χ3v) is 8.13. The van der Waals surface area contributed by atoms with Crippen LogP contribution in [0.25, 0.3) is 0 Å². The van der Waals surface area contributed by atoms with Crippen molar-refractivity contribution in [3.63, 3.8) is 0 Å². The highest BCUT2D eigenvalue weighted by atomic mass is 79.9. The highest BCUT2D eigenvalue weighted by Gasteiger charge is 2.27. The van der Waals surface area contributed by atoms with Gasteiger partial charge in [-0.3, -0.25) is 20.2 Å². The summed E-state index contributed by atoms with van der Waals surface area (Å²) in [5, 5.41) is 22.2. The van der Waals surface area contributed by atoms with Gasteiger partial charge in [-0.2, -0.15) is 0 Å². The summed E-state index contributed by atoms with van der Waals surface area (Å²) in [7, 11) is 0. The van der Waals surface area contributed by atoms with Crippen LogP contribution in [0.3, 0.4) is 0 Å². The molecule has 0 N–H and O–H groups in total. The second kappa shape index (κ2) is 19.1. The first-order valence-corrected chi connectivity index (χ1v) is 17.6. The number of halogens is 3. The van der Waals surface area contributed by atoms with Crippen LogP contribution >= 0.6 is 39.1 Å². The molecule has 2 fully saturated rings. The number of anilines is 1. The van der Waals surface area contributed by atoms with E-state index in [0.717, 1.165) is 25.9 Å². The number of nitro groups is 2. The molecule has 13 nitrogen and oxygen atoms in total. The van der Waals surface area contributed by atoms with Crippen molar-refractivity contribution in [2.45, 2.75) is 84.8 Å². The van der Waals surface area contributed by atoms with E-state index in [1.807, 2.05) is 51.3 Å². The topological polar surface area (TPSA) is 149 Å². The van der Waals surface area contributed by atoms with Crippen molar-refractivity contribution in [3.8, 4) is 0 Å². The first kappa shape index (κ1) is 41.8. The molecule has 2 amide bonds. The lowest BCUT2D eigenvalue weighted by molar-refractivity contribution is -0.385. The number of carbonyl (C=O) groups is 2. The van der Waals surface area contributed by atoms with Crippen LogP contribution in [0.15, 0.2) is 40.9 Å². The Morgan fingerprint density at radius 1 is 0.673 bits per heavy atom. The zero-order chi connectivity index (χ0) is 36.9. The van der Waals surface area contributed by atoms with E-state index in [0.29, 0.717) is 52.8 Å². The van der Waals surface area contributed by atoms with Crippen molar-refractivity contribution in [2.75, 3.05) is 44.2 Å². The third kappa shape index (κ3) is 15.4. The van der Waals surface area contributed by atoms with Crippen molar-refractivity contribution < 1.29 is 28.9 Å². The lowest BCUT2D eigenvalue weighted by atomic mass is 10.2. The van der Waals surface area contributed by atoms with Crippen LogP contribution in [-0.2, 0) is 9.47 Å². The summed E-state index contributed by atoms with van der Waals surface area (Å²) < 4.78 is 11.2. The zero-order valence-corrected chi connectivity index (χ0v) is 32.0. The van der Waals surface area contributed by atoms with E-state index in [4.69, 9.17) is 32.7 Å². The quantitative estimate of drug-likeness (QED) is 0.219. The Kier molecular flexibility index (Phi) is 16.3. The maximum Gasteiger partial charge on any atom is 0.410 e. The molecule has 2 heterocycles. The Bertz CT molecular complexity index is 1440. The molecule has 2 saturated heterocycles. The summed E-state index contributed by atoms with van der Waals surface area (Å²) in [6.45, 7) is 15.0. The largest absolute Gasteiger partial charge is 0.444 e. The zero-order valence-electron chi connectivity index (χ0n) is 28.9. The van der Waals surface area contributed by atoms with Gasteiger partial charge in [0.25, 0.3) is 11.4 Å². The standard InChI is InChI=1S/C16H22ClN3O4.C11H21NO2.C6H3BrClNO2/c1-16(2,3)24-15(21)19-8-4-7-18(9-10-19)13-6-5-12(17)11-14(13)20(22)23;1-11(2,3)14-10(13)12-8-6-4-5-7-9-12;7-5-2-1-4(8)3-6(5)9(10)11/h5-6,11H,4,7-10H2,1-3H3;4-9H2,1-3H3;1-3H. The molecule has 2 aromatic carbocycles. The van der Waals surface area contributed by atoms with Crippen LogP contribution in [-0.4, -0.2) is 82.3 Å². The van der Waals surface area contributed by atoms with Crippen molar-refractivity contribution in [1.29, 1.82) is 0 Å². The number of carbonyl (C=O) groups excluding carboxylic acids is 2. The summed E-state index contributed by atoms with van der Waals surface area (Å²) in [6.07, 6.45) is 4.89. The number of likely N-dealkylation sites (tertiary alicyclic amines) is 1. The lowest BCUT2D eigenvalue weighted by Gasteiger charge is -2.26. The van der Waals surface area contributed by atoms with Crippen molar-refractivity contribution in [2.24, 2.45) is 0 Å². The average molecular weight is 792 g/mol. The number of hydrogen-bond donors (Lipinski definition) is 0. The minimum atomic E-state index is -0.544. The van der Waals surface area contributed by atoms with Gasteiger partial charge in [0.1, 0.15) is 16.9 Å². The number of rotatable bonds is 3. The summed E-state index contributed by atoms with van der Waals surface area (Å²) in [6, 6.07) is 9.07. The molecule has 4 rings (SSSR count). The molecular weight excluding hydrogens is 745 g/mol. The molecule has 0 spiro atoms. The fourth-order valence-electron chi connectivity index (χ4n) is 4.78. The molecule has 0 atom stereocenters. The highest BCUT2D eigenvalue weighted by molar-refractivity contribution is 9.10. The van der Waals surface area contributed by atoms with E-state index in [-0.39, 0.29) is 29.2 Å². The predicted molar refractivity (Wildman–Crippen MR) is 195 cm³/mol. The molecule has 272 valence electrons. The normalized spacial score (nSPS) is 15.3. The summed E-state index contributed by atoms with van der Waals surface area (Å²) in [5.41, 5.74) is -0.428. The minimum Gasteiger partial charge on any atom is -0.444 e. The van der Waals surface area contributed by atoms with Crippen LogP contribution in [0.2, 0.25) is 10.0 Å². The number of hydrogen-bond acceptors (Lipinski definition) is 9. The molecule has 0 radical (unpaired) electrons. The molecule has 0 saturated carbocycles. The van der Waals surface area contributed by atoms with Gasteiger partial charge in [-0.25, -0.2) is 9.59 Å². The van der Waals surface area contributed by atoms with Gasteiger partial charge in [0, 0.05) is 61.4 Å². The number of amides is 2. The number of nitrogens with zero attached hydrogens (tertiary/aromatic N) is 5. The van der Waals surface area contributed by atoms with E-state index in [1.54, 1.807) is 29.2 Å². The lowest BCUT2D eigenvalue weighted by Crippen LogP contribution is -2.39. The highest BCUT2D eigenvalue weighted by Crippen LogP contribution is 2.32. The number of benzene rings is 2. The number of nitro benzene ring substituents is 2. The Morgan fingerprint density at radius 2 is 1.12 bits per heavy atom. The molecule has 0 aromatic heterocycles. The first-order chi connectivity index (χ1) is 22.8. The Hall–Kier alpha value is -3.36. The van der Waals surface area contributed by atoms with Crippen LogP contribution < -0.4 is 4.90 Å². The van der Waals surface area contributed by atoms with Gasteiger partial charge in [-0.05, 0) is 101 Å². The van der Waals surface area contributed by atoms with Gasteiger partial charge in [-0.1, -0.05) is 36.0 Å². The molecule has 0 unspecified atom stereocenters. The maximum absolute atomic E-state index is 12.2. The second-order valence-corrected chi connectivity index (χ2v) is 15.2. The van der Waals surface area contributed by atoms with Crippen LogP contribution in [0, 0.1) is 20.2 Å². The van der Waals surface area contributed by atoms with Gasteiger partial charge >= 0.3 is 12.2 Å². The van der Waals surface area contributed by atoms with Crippen molar-refractivity contribution in [3.05, 3.63) is 71.1 Å². The summed E-state index contributed by atoms with van der Waals surface area (Å²) >= 11 is 14.4. The van der Waals surface area contributed by atoms with Gasteiger partial charge in [0.2, 0.25) is 0 Å². The van der Waals surface area contributed by atoms with Gasteiger partial charge in [0.05, 0.1) is 14.3 Å². The summed E-state index contributed by atoms with van der Waals surface area (Å²) in [5.74, 6) is 0. The fraction of sp³-hybridized carbons (Fsp3) is 0.576. The van der Waals surface area contributed by atoms with E-state index in [2.05, 4.69) is 15.9 Å². The van der Waals surface area contributed by atoms with Crippen LogP contribution in [0.4, 0.5) is 26.7 Å². The van der Waals surface area contributed by atoms with Crippen LogP contribution in [0.1, 0.15) is 73.6 Å². The molecule has 49 heavy (non-hydrogen) atoms. The van der Waals surface area contributed by atoms with E-state index in [9.17, 15) is 29.8 Å². The van der Waals surface area contributed by atoms with Gasteiger partial charge in [-0.15, -0.1) is 0 Å². The predicted octanol–water partition coefficient (Wildman–Crippen LogP) is 9.50. The Balaban J connectivity index is 0.000000282. The van der Waals surface area contributed by atoms with Gasteiger partial charge < -0.3 is 24.2 Å². The summed E-state index contributed by atoms with van der Waals surface area (Å²) in [4.78, 5) is 49.9. The second-order valence-electron chi connectivity index (χ2n) is 13.4. The molecule has 16 heteroatoms. The first-order valence-electron chi connectivity index (χ1n) is 16.0. The Labute approximate surface area is 306 Å². The molecule has 2 aliphatic heterocycles. The molecule has 0 bridgehead atoms. The van der Waals surface area contributed by atoms with E-state index < -0.39 is 15.4 Å². The van der Waals surface area contributed by atoms with Crippen molar-refractivity contribution in [1.82, 2.24) is 9.80 Å². The molecule has 0 aliphatic carbocycles. The fourth-order valence-corrected chi connectivity index (χ4v) is 5.51. The molecule has 2 aromatic rings. The third-order valence-electron chi connectivity index (χ3n) is 6.99. The molecule has 2 aliphatic rings. The Morgan fingerprint density at radius 3 is 1.59 bits per heavy atom. The minimum absolute atomic E-state index is 0.0162. The monoisotopic (exact) mass is 789 g/mol. The maximum atomic E-state index is 12.2. The number of ether oxygens (including phenoxy) is 2. The van der Waals surface area contributed by atoms with E-state index >= 15 is 0 Å². The SMILES string of the molecule is CC(C)(C)OC(=O)N1CCCCCC1.CC(C)(C)OC(=O)N1CCCN(c2ccc(Cl)cc2[N+](=O)[O-])CC1.O=[N+]([O-])c1cc(Cl)ccc1Br. The van der Waals surface area contributed by atoms with Crippen LogP contribution in [0.5, 0.6) is 0 Å². The average Bonchev–Trinajstić information content (AvgIpc) is 3.41. The smallest absolute Gasteiger partial charge is 0.410 e. The van der Waals surface area contributed by atoms with Gasteiger partial charge in [0.15, 0.2) is 0 Å². The van der Waals surface area contributed by atoms with Crippen molar-refractivity contribution >= 4 is 68.4 Å². The van der Waals surface area contributed by atoms with E-state index in [1.165, 1.54) is 25.0 Å². The molecular formula is C33H46BrCl2N5O8.